The Morgan fingerprint density at radius 1 is 0.971 bits per heavy atom. The van der Waals surface area contributed by atoms with Crippen molar-refractivity contribution in [3.63, 3.8) is 0 Å². The zero-order chi connectivity index (χ0) is 23.7. The molecular weight excluding hydrogens is 430 g/mol. The molecule has 3 aromatic carbocycles. The molecule has 0 bridgehead atoms. The minimum Gasteiger partial charge on any atom is -0.457 e. The molecule has 8 nitrogen and oxygen atoms in total. The van der Waals surface area contributed by atoms with Gasteiger partial charge in [0.1, 0.15) is 17.3 Å². The monoisotopic (exact) mass is 453 g/mol. The third-order valence-corrected chi connectivity index (χ3v) is 5.62. The van der Waals surface area contributed by atoms with Crippen LogP contribution in [-0.2, 0) is 0 Å². The zero-order valence-electron chi connectivity index (χ0n) is 18.5. The summed E-state index contributed by atoms with van der Waals surface area (Å²) in [5.41, 5.74) is 8.62. The maximum Gasteiger partial charge on any atom is 0.255 e. The summed E-state index contributed by atoms with van der Waals surface area (Å²) < 4.78 is 5.78. The van der Waals surface area contributed by atoms with Gasteiger partial charge in [-0.25, -0.2) is 4.98 Å². The van der Waals surface area contributed by atoms with E-state index >= 15 is 0 Å². The third kappa shape index (κ3) is 4.66. The van der Waals surface area contributed by atoms with Crippen molar-refractivity contribution in [2.24, 2.45) is 5.73 Å². The number of aromatic amines is 1. The summed E-state index contributed by atoms with van der Waals surface area (Å²) in [6.07, 6.45) is 2.26. The molecule has 1 aromatic heterocycles. The van der Waals surface area contributed by atoms with E-state index in [9.17, 15) is 9.59 Å². The first-order valence-corrected chi connectivity index (χ1v) is 11.0. The highest BCUT2D eigenvalue weighted by molar-refractivity contribution is 6.06. The fourth-order valence-corrected chi connectivity index (χ4v) is 3.58. The van der Waals surface area contributed by atoms with E-state index in [0.717, 1.165) is 29.8 Å². The van der Waals surface area contributed by atoms with Crippen LogP contribution in [-0.4, -0.2) is 27.0 Å². The van der Waals surface area contributed by atoms with Crippen LogP contribution in [0.2, 0.25) is 0 Å². The van der Waals surface area contributed by atoms with Gasteiger partial charge in [-0.1, -0.05) is 11.6 Å². The average Bonchev–Trinajstić information content (AvgIpc) is 3.57. The van der Waals surface area contributed by atoms with E-state index in [1.54, 1.807) is 48.5 Å². The SMILES string of the molecule is Cc1ccc(NC(=O)c2ccc(Oc3ccc(C(N)=O)cc3)cc2)c(-c2n[nH]c(C3CC3)n2)c1. The summed E-state index contributed by atoms with van der Waals surface area (Å²) in [7, 11) is 0. The number of primary amides is 1. The maximum atomic E-state index is 12.9. The Balaban J connectivity index is 1.30. The van der Waals surface area contributed by atoms with Crippen molar-refractivity contribution < 1.29 is 14.3 Å². The lowest BCUT2D eigenvalue weighted by molar-refractivity contribution is 0.0997. The van der Waals surface area contributed by atoms with Gasteiger partial charge in [-0.15, -0.1) is 0 Å². The van der Waals surface area contributed by atoms with Crippen molar-refractivity contribution in [1.82, 2.24) is 15.2 Å². The number of amides is 2. The highest BCUT2D eigenvalue weighted by Gasteiger charge is 2.27. The minimum absolute atomic E-state index is 0.250. The number of carbonyl (C=O) groups excluding carboxylic acids is 2. The first kappa shape index (κ1) is 21.4. The quantitative estimate of drug-likeness (QED) is 0.371. The lowest BCUT2D eigenvalue weighted by atomic mass is 10.1. The molecule has 5 rings (SSSR count). The number of rotatable bonds is 7. The third-order valence-electron chi connectivity index (χ3n) is 5.62. The fraction of sp³-hybridized carbons (Fsp3) is 0.154. The second-order valence-electron chi connectivity index (χ2n) is 8.34. The van der Waals surface area contributed by atoms with Gasteiger partial charge in [0.2, 0.25) is 5.91 Å². The number of aryl methyl sites for hydroxylation is 1. The van der Waals surface area contributed by atoms with E-state index < -0.39 is 5.91 Å². The van der Waals surface area contributed by atoms with Crippen molar-refractivity contribution in [3.8, 4) is 22.9 Å². The van der Waals surface area contributed by atoms with Crippen LogP contribution < -0.4 is 15.8 Å². The summed E-state index contributed by atoms with van der Waals surface area (Å²) in [5.74, 6) is 2.31. The highest BCUT2D eigenvalue weighted by atomic mass is 16.5. The molecule has 0 atom stereocenters. The van der Waals surface area contributed by atoms with Gasteiger partial charge in [0.05, 0.1) is 5.69 Å². The lowest BCUT2D eigenvalue weighted by Crippen LogP contribution is -2.12. The molecule has 1 fully saturated rings. The number of carbonyl (C=O) groups is 2. The van der Waals surface area contributed by atoms with Crippen molar-refractivity contribution in [3.05, 3.63) is 89.2 Å². The van der Waals surface area contributed by atoms with Gasteiger partial charge >= 0.3 is 0 Å². The van der Waals surface area contributed by atoms with E-state index in [0.29, 0.717) is 40.1 Å². The van der Waals surface area contributed by atoms with Gasteiger partial charge in [0.25, 0.3) is 5.91 Å². The number of nitrogens with zero attached hydrogens (tertiary/aromatic N) is 2. The van der Waals surface area contributed by atoms with E-state index in [2.05, 4.69) is 20.5 Å². The smallest absolute Gasteiger partial charge is 0.255 e. The van der Waals surface area contributed by atoms with Gasteiger partial charge in [-0.2, -0.15) is 5.10 Å². The normalized spacial score (nSPS) is 12.9. The van der Waals surface area contributed by atoms with Crippen LogP contribution >= 0.6 is 0 Å². The molecule has 4 aromatic rings. The molecule has 8 heteroatoms. The van der Waals surface area contributed by atoms with Crippen LogP contribution in [0.3, 0.4) is 0 Å². The number of nitrogens with two attached hydrogens (primary N) is 1. The number of ether oxygens (including phenoxy) is 1. The second-order valence-corrected chi connectivity index (χ2v) is 8.34. The molecule has 0 unspecified atom stereocenters. The first-order chi connectivity index (χ1) is 16.5. The molecular formula is C26H23N5O3. The van der Waals surface area contributed by atoms with Crippen LogP contribution in [0.1, 0.15) is 50.9 Å². The van der Waals surface area contributed by atoms with Crippen molar-refractivity contribution in [2.45, 2.75) is 25.7 Å². The van der Waals surface area contributed by atoms with Gasteiger partial charge < -0.3 is 15.8 Å². The van der Waals surface area contributed by atoms with Gasteiger partial charge in [-0.05, 0) is 80.4 Å². The number of aromatic nitrogens is 3. The molecule has 0 spiro atoms. The van der Waals surface area contributed by atoms with Crippen molar-refractivity contribution >= 4 is 17.5 Å². The van der Waals surface area contributed by atoms with Crippen molar-refractivity contribution in [1.29, 1.82) is 0 Å². The summed E-state index contributed by atoms with van der Waals surface area (Å²) in [4.78, 5) is 28.7. The first-order valence-electron chi connectivity index (χ1n) is 11.0. The molecule has 1 aliphatic carbocycles. The molecule has 0 radical (unpaired) electrons. The Labute approximate surface area is 196 Å². The summed E-state index contributed by atoms with van der Waals surface area (Å²) in [5, 5.41) is 10.4. The molecule has 1 heterocycles. The molecule has 1 aliphatic rings. The van der Waals surface area contributed by atoms with Gasteiger partial charge in [-0.3, -0.25) is 14.7 Å². The van der Waals surface area contributed by atoms with Crippen molar-refractivity contribution in [2.75, 3.05) is 5.32 Å². The number of H-pyrrole nitrogens is 1. The highest BCUT2D eigenvalue weighted by Crippen LogP contribution is 2.39. The van der Waals surface area contributed by atoms with E-state index in [1.807, 2.05) is 25.1 Å². The Hall–Kier alpha value is -4.46. The fourth-order valence-electron chi connectivity index (χ4n) is 3.58. The Kier molecular flexibility index (Phi) is 5.55. The number of benzene rings is 3. The summed E-state index contributed by atoms with van der Waals surface area (Å²) in [6.45, 7) is 1.99. The van der Waals surface area contributed by atoms with Crippen LogP contribution in [0.15, 0.2) is 66.7 Å². The number of hydrogen-bond acceptors (Lipinski definition) is 5. The molecule has 0 aliphatic heterocycles. The molecule has 34 heavy (non-hydrogen) atoms. The molecule has 1 saturated carbocycles. The predicted molar refractivity (Wildman–Crippen MR) is 128 cm³/mol. The van der Waals surface area contributed by atoms with E-state index in [-0.39, 0.29) is 5.91 Å². The van der Waals surface area contributed by atoms with Crippen LogP contribution in [0, 0.1) is 6.92 Å². The lowest BCUT2D eigenvalue weighted by Gasteiger charge is -2.11. The standard InChI is InChI=1S/C26H23N5O3/c1-15-2-13-22(21(14-15)25-29-24(30-31-25)17-3-4-17)28-26(33)18-7-11-20(12-8-18)34-19-9-5-16(6-10-19)23(27)32/h2,5-14,17H,3-4H2,1H3,(H2,27,32)(H,28,33)(H,29,30,31). The zero-order valence-corrected chi connectivity index (χ0v) is 18.5. The second kappa shape index (κ2) is 8.82. The number of anilines is 1. The van der Waals surface area contributed by atoms with Crippen LogP contribution in [0.25, 0.3) is 11.4 Å². The molecule has 4 N–H and O–H groups in total. The molecule has 0 saturated heterocycles. The van der Waals surface area contributed by atoms with Gasteiger partial charge in [0.15, 0.2) is 5.82 Å². The maximum absolute atomic E-state index is 12.9. The summed E-state index contributed by atoms with van der Waals surface area (Å²) in [6, 6.07) is 19.1. The van der Waals surface area contributed by atoms with Crippen LogP contribution in [0.5, 0.6) is 11.5 Å². The Morgan fingerprint density at radius 2 is 1.62 bits per heavy atom. The van der Waals surface area contributed by atoms with E-state index in [4.69, 9.17) is 10.5 Å². The van der Waals surface area contributed by atoms with E-state index in [1.165, 1.54) is 0 Å². The number of hydrogen-bond donors (Lipinski definition) is 3. The molecule has 170 valence electrons. The average molecular weight is 454 g/mol. The molecule has 2 amide bonds. The summed E-state index contributed by atoms with van der Waals surface area (Å²) >= 11 is 0. The minimum atomic E-state index is -0.495. The Bertz CT molecular complexity index is 1360. The number of nitrogens with one attached hydrogen (secondary N) is 2. The predicted octanol–water partition coefficient (Wildman–Crippen LogP) is 4.80. The van der Waals surface area contributed by atoms with Gasteiger partial charge in [0, 0.05) is 22.6 Å². The topological polar surface area (TPSA) is 123 Å². The largest absolute Gasteiger partial charge is 0.457 e. The Morgan fingerprint density at radius 3 is 2.24 bits per heavy atom. The van der Waals surface area contributed by atoms with Crippen LogP contribution in [0.4, 0.5) is 5.69 Å².